The predicted octanol–water partition coefficient (Wildman–Crippen LogP) is 2.97. The molecule has 0 radical (unpaired) electrons. The van der Waals surface area contributed by atoms with Crippen LogP contribution in [0.15, 0.2) is 42.5 Å². The third kappa shape index (κ3) is 2.85. The molecule has 4 heteroatoms. The summed E-state index contributed by atoms with van der Waals surface area (Å²) in [6.45, 7) is 1.93. The number of carbonyl (C=O) groups is 1. The minimum Gasteiger partial charge on any atom is -0.399 e. The quantitative estimate of drug-likeness (QED) is 0.798. The van der Waals surface area contributed by atoms with Gasteiger partial charge in [0.05, 0.1) is 0 Å². The Morgan fingerprint density at radius 2 is 2.00 bits per heavy atom. The SMILES string of the molecule is Cc1cccc(NC(=O)c2cc(N)cc(F)c2)c1. The highest BCUT2D eigenvalue weighted by atomic mass is 19.1. The molecule has 0 bridgehead atoms. The van der Waals surface area contributed by atoms with Gasteiger partial charge in [-0.05, 0) is 42.8 Å². The molecule has 0 saturated carbocycles. The van der Waals surface area contributed by atoms with E-state index >= 15 is 0 Å². The summed E-state index contributed by atoms with van der Waals surface area (Å²) in [5.74, 6) is -0.906. The maximum Gasteiger partial charge on any atom is 0.255 e. The number of halogens is 1. The maximum absolute atomic E-state index is 13.1. The molecule has 0 atom stereocenters. The second-order valence-electron chi connectivity index (χ2n) is 4.10. The Morgan fingerprint density at radius 3 is 2.67 bits per heavy atom. The number of hydrogen-bond acceptors (Lipinski definition) is 2. The second kappa shape index (κ2) is 4.87. The summed E-state index contributed by atoms with van der Waals surface area (Å²) in [7, 11) is 0. The van der Waals surface area contributed by atoms with E-state index in [4.69, 9.17) is 5.73 Å². The van der Waals surface area contributed by atoms with Gasteiger partial charge in [0.25, 0.3) is 5.91 Å². The molecular formula is C14H13FN2O. The van der Waals surface area contributed by atoms with Gasteiger partial charge in [0.2, 0.25) is 0 Å². The van der Waals surface area contributed by atoms with E-state index in [1.807, 2.05) is 25.1 Å². The van der Waals surface area contributed by atoms with Crippen LogP contribution in [0.1, 0.15) is 15.9 Å². The van der Waals surface area contributed by atoms with Crippen LogP contribution in [-0.4, -0.2) is 5.91 Å². The fourth-order valence-electron chi connectivity index (χ4n) is 1.67. The largest absolute Gasteiger partial charge is 0.399 e. The predicted molar refractivity (Wildman–Crippen MR) is 69.9 cm³/mol. The summed E-state index contributed by atoms with van der Waals surface area (Å²) in [6, 6.07) is 11.1. The molecule has 0 aromatic heterocycles. The van der Waals surface area contributed by atoms with Crippen LogP contribution in [0.2, 0.25) is 0 Å². The van der Waals surface area contributed by atoms with Crippen LogP contribution in [0.4, 0.5) is 15.8 Å². The van der Waals surface area contributed by atoms with E-state index in [0.717, 1.165) is 11.6 Å². The summed E-state index contributed by atoms with van der Waals surface area (Å²) in [5, 5.41) is 2.69. The molecule has 0 aliphatic heterocycles. The Morgan fingerprint density at radius 1 is 1.22 bits per heavy atom. The Labute approximate surface area is 104 Å². The number of nitrogen functional groups attached to an aromatic ring is 1. The number of carbonyl (C=O) groups excluding carboxylic acids is 1. The molecule has 2 rings (SSSR count). The van der Waals surface area contributed by atoms with Crippen LogP contribution < -0.4 is 11.1 Å². The van der Waals surface area contributed by atoms with Crippen LogP contribution in [0.25, 0.3) is 0 Å². The van der Waals surface area contributed by atoms with Crippen LogP contribution in [0, 0.1) is 12.7 Å². The highest BCUT2D eigenvalue weighted by Crippen LogP contribution is 2.14. The molecule has 92 valence electrons. The topological polar surface area (TPSA) is 55.1 Å². The molecule has 0 unspecified atom stereocenters. The van der Waals surface area contributed by atoms with Crippen molar-refractivity contribution < 1.29 is 9.18 Å². The molecule has 2 aromatic carbocycles. The van der Waals surface area contributed by atoms with Gasteiger partial charge < -0.3 is 11.1 Å². The summed E-state index contributed by atoms with van der Waals surface area (Å²) in [6.07, 6.45) is 0. The molecule has 0 heterocycles. The number of amides is 1. The van der Waals surface area contributed by atoms with Crippen LogP contribution >= 0.6 is 0 Å². The Kier molecular flexibility index (Phi) is 3.28. The van der Waals surface area contributed by atoms with E-state index in [1.54, 1.807) is 6.07 Å². The standard InChI is InChI=1S/C14H13FN2O/c1-9-3-2-4-13(5-9)17-14(18)10-6-11(15)8-12(16)7-10/h2-8H,16H2,1H3,(H,17,18). The average Bonchev–Trinajstić information content (AvgIpc) is 2.27. The second-order valence-corrected chi connectivity index (χ2v) is 4.10. The summed E-state index contributed by atoms with van der Waals surface area (Å²) in [5.41, 5.74) is 7.63. The number of rotatable bonds is 2. The van der Waals surface area contributed by atoms with E-state index in [-0.39, 0.29) is 17.2 Å². The van der Waals surface area contributed by atoms with Crippen molar-refractivity contribution in [3.63, 3.8) is 0 Å². The molecule has 1 amide bonds. The highest BCUT2D eigenvalue weighted by Gasteiger charge is 2.08. The van der Waals surface area contributed by atoms with Gasteiger partial charge in [-0.25, -0.2) is 4.39 Å². The van der Waals surface area contributed by atoms with Gasteiger partial charge in [-0.2, -0.15) is 0 Å². The summed E-state index contributed by atoms with van der Waals surface area (Å²) >= 11 is 0. The average molecular weight is 244 g/mol. The molecule has 0 aliphatic rings. The third-order valence-electron chi connectivity index (χ3n) is 2.46. The molecule has 3 nitrogen and oxygen atoms in total. The fraction of sp³-hybridized carbons (Fsp3) is 0.0714. The smallest absolute Gasteiger partial charge is 0.255 e. The molecule has 0 saturated heterocycles. The number of nitrogens with one attached hydrogen (secondary N) is 1. The van der Waals surface area contributed by atoms with E-state index in [9.17, 15) is 9.18 Å². The van der Waals surface area contributed by atoms with E-state index in [1.165, 1.54) is 12.1 Å². The molecular weight excluding hydrogens is 231 g/mol. The third-order valence-corrected chi connectivity index (χ3v) is 2.46. The van der Waals surface area contributed by atoms with Crippen molar-refractivity contribution in [2.24, 2.45) is 0 Å². The zero-order valence-electron chi connectivity index (χ0n) is 9.91. The molecule has 0 spiro atoms. The van der Waals surface area contributed by atoms with Gasteiger partial charge in [-0.3, -0.25) is 4.79 Å². The minimum absolute atomic E-state index is 0.203. The lowest BCUT2D eigenvalue weighted by molar-refractivity contribution is 0.102. The Balaban J connectivity index is 2.22. The Hall–Kier alpha value is -2.36. The first-order valence-corrected chi connectivity index (χ1v) is 5.49. The number of benzene rings is 2. The van der Waals surface area contributed by atoms with Gasteiger partial charge in [-0.15, -0.1) is 0 Å². The van der Waals surface area contributed by atoms with Crippen molar-refractivity contribution >= 4 is 17.3 Å². The number of nitrogens with two attached hydrogens (primary N) is 1. The van der Waals surface area contributed by atoms with Crippen molar-refractivity contribution in [2.45, 2.75) is 6.92 Å². The zero-order chi connectivity index (χ0) is 13.1. The van der Waals surface area contributed by atoms with Gasteiger partial charge in [0.1, 0.15) is 5.82 Å². The molecule has 2 aromatic rings. The zero-order valence-corrected chi connectivity index (χ0v) is 9.91. The lowest BCUT2D eigenvalue weighted by Gasteiger charge is -2.06. The van der Waals surface area contributed by atoms with Crippen molar-refractivity contribution in [3.05, 3.63) is 59.4 Å². The van der Waals surface area contributed by atoms with Crippen molar-refractivity contribution in [2.75, 3.05) is 11.1 Å². The summed E-state index contributed by atoms with van der Waals surface area (Å²) < 4.78 is 13.1. The van der Waals surface area contributed by atoms with Crippen LogP contribution in [0.3, 0.4) is 0 Å². The van der Waals surface area contributed by atoms with Crippen molar-refractivity contribution in [1.82, 2.24) is 0 Å². The van der Waals surface area contributed by atoms with Crippen molar-refractivity contribution in [1.29, 1.82) is 0 Å². The lowest BCUT2D eigenvalue weighted by Crippen LogP contribution is -2.12. The fourth-order valence-corrected chi connectivity index (χ4v) is 1.67. The molecule has 0 aliphatic carbocycles. The minimum atomic E-state index is -0.524. The van der Waals surface area contributed by atoms with E-state index < -0.39 is 5.82 Å². The molecule has 3 N–H and O–H groups in total. The van der Waals surface area contributed by atoms with E-state index in [0.29, 0.717) is 5.69 Å². The number of anilines is 2. The summed E-state index contributed by atoms with van der Waals surface area (Å²) in [4.78, 5) is 11.9. The van der Waals surface area contributed by atoms with Crippen molar-refractivity contribution in [3.8, 4) is 0 Å². The lowest BCUT2D eigenvalue weighted by atomic mass is 10.1. The molecule has 18 heavy (non-hydrogen) atoms. The van der Waals surface area contributed by atoms with Gasteiger partial charge >= 0.3 is 0 Å². The van der Waals surface area contributed by atoms with Crippen LogP contribution in [0.5, 0.6) is 0 Å². The first-order chi connectivity index (χ1) is 8.54. The first-order valence-electron chi connectivity index (χ1n) is 5.49. The Bertz CT molecular complexity index is 576. The van der Waals surface area contributed by atoms with Gasteiger partial charge in [-0.1, -0.05) is 12.1 Å². The van der Waals surface area contributed by atoms with Crippen LogP contribution in [-0.2, 0) is 0 Å². The number of aryl methyl sites for hydroxylation is 1. The first kappa shape index (κ1) is 12.1. The van der Waals surface area contributed by atoms with Gasteiger partial charge in [0, 0.05) is 16.9 Å². The maximum atomic E-state index is 13.1. The van der Waals surface area contributed by atoms with E-state index in [2.05, 4.69) is 5.32 Å². The normalized spacial score (nSPS) is 10.1. The van der Waals surface area contributed by atoms with Gasteiger partial charge in [0.15, 0.2) is 0 Å². The number of hydrogen-bond donors (Lipinski definition) is 2. The monoisotopic (exact) mass is 244 g/mol. The molecule has 0 fully saturated rings. The highest BCUT2D eigenvalue weighted by molar-refractivity contribution is 6.04.